The Morgan fingerprint density at radius 3 is 2.78 bits per heavy atom. The molecule has 0 bridgehead atoms. The molecule has 4 aliphatic rings. The number of rotatable bonds is 3. The standard InChI is InChI=1S/C27H26FN5O4/c28-20-3-4-21-16(11-29-31-21)17(20)12-32-9-7-27(8-10-32)14-37-24-18-13-33(22-5-6-23(34)30-25(22)35)26(36)15(18)1-2-19(24)27/h1-4,11,22H,5-10,12-14H2,(H,29,31)(H,30,34,35). The first-order chi connectivity index (χ1) is 17.9. The predicted molar refractivity (Wildman–Crippen MR) is 130 cm³/mol. The maximum absolute atomic E-state index is 14.7. The molecule has 5 heterocycles. The van der Waals surface area contributed by atoms with E-state index >= 15 is 0 Å². The van der Waals surface area contributed by atoms with Gasteiger partial charge in [-0.2, -0.15) is 5.10 Å². The minimum atomic E-state index is -0.646. The summed E-state index contributed by atoms with van der Waals surface area (Å²) in [6.07, 6.45) is 3.98. The molecule has 1 unspecified atom stereocenters. The molecular weight excluding hydrogens is 477 g/mol. The van der Waals surface area contributed by atoms with Gasteiger partial charge in [-0.1, -0.05) is 6.07 Å². The lowest BCUT2D eigenvalue weighted by Crippen LogP contribution is -2.52. The van der Waals surface area contributed by atoms with Crippen LogP contribution in [-0.4, -0.2) is 63.5 Å². The van der Waals surface area contributed by atoms with Gasteiger partial charge in [0.05, 0.1) is 24.9 Å². The Kier molecular flexibility index (Phi) is 4.91. The van der Waals surface area contributed by atoms with Gasteiger partial charge in [0.2, 0.25) is 11.8 Å². The number of hydrogen-bond donors (Lipinski definition) is 2. The van der Waals surface area contributed by atoms with Gasteiger partial charge in [-0.05, 0) is 50.6 Å². The number of aromatic amines is 1. The molecule has 4 aliphatic heterocycles. The fourth-order valence-corrected chi connectivity index (χ4v) is 6.47. The minimum absolute atomic E-state index is 0.147. The second kappa shape index (κ2) is 8.11. The summed E-state index contributed by atoms with van der Waals surface area (Å²) in [6, 6.07) is 6.42. The van der Waals surface area contributed by atoms with Crippen molar-refractivity contribution >= 4 is 28.6 Å². The van der Waals surface area contributed by atoms with E-state index < -0.39 is 11.9 Å². The molecule has 0 saturated carbocycles. The van der Waals surface area contributed by atoms with Crippen molar-refractivity contribution in [3.63, 3.8) is 0 Å². The molecule has 37 heavy (non-hydrogen) atoms. The lowest BCUT2D eigenvalue weighted by Gasteiger charge is -2.38. The number of fused-ring (bicyclic) bond motifs is 5. The molecule has 0 aliphatic carbocycles. The number of carbonyl (C=O) groups excluding carboxylic acids is 3. The summed E-state index contributed by atoms with van der Waals surface area (Å²) in [6.45, 7) is 2.97. The van der Waals surface area contributed by atoms with Crippen LogP contribution in [0.2, 0.25) is 0 Å². The molecule has 2 N–H and O–H groups in total. The van der Waals surface area contributed by atoms with Gasteiger partial charge in [0, 0.05) is 46.0 Å². The van der Waals surface area contributed by atoms with E-state index in [4.69, 9.17) is 4.74 Å². The van der Waals surface area contributed by atoms with Crippen LogP contribution in [0.25, 0.3) is 10.9 Å². The summed E-state index contributed by atoms with van der Waals surface area (Å²) in [5.41, 5.74) is 3.87. The van der Waals surface area contributed by atoms with Gasteiger partial charge in [0.15, 0.2) is 0 Å². The second-order valence-electron chi connectivity index (χ2n) is 10.6. The highest BCUT2D eigenvalue weighted by Crippen LogP contribution is 2.49. The number of ether oxygens (including phenoxy) is 1. The Hall–Kier alpha value is -3.79. The number of carbonyl (C=O) groups is 3. The molecule has 0 radical (unpaired) electrons. The first-order valence-corrected chi connectivity index (χ1v) is 12.7. The third-order valence-corrected chi connectivity index (χ3v) is 8.60. The number of amides is 3. The largest absolute Gasteiger partial charge is 0.492 e. The number of halogens is 1. The maximum Gasteiger partial charge on any atom is 0.255 e. The van der Waals surface area contributed by atoms with Gasteiger partial charge in [-0.15, -0.1) is 0 Å². The van der Waals surface area contributed by atoms with Crippen LogP contribution in [0.3, 0.4) is 0 Å². The maximum atomic E-state index is 14.7. The van der Waals surface area contributed by atoms with Crippen molar-refractivity contribution in [3.8, 4) is 5.75 Å². The zero-order chi connectivity index (χ0) is 25.3. The van der Waals surface area contributed by atoms with Crippen LogP contribution in [-0.2, 0) is 28.1 Å². The highest BCUT2D eigenvalue weighted by Gasteiger charge is 2.47. The van der Waals surface area contributed by atoms with Crippen LogP contribution in [0.4, 0.5) is 4.39 Å². The first kappa shape index (κ1) is 22.4. The van der Waals surface area contributed by atoms with Crippen LogP contribution in [0, 0.1) is 5.82 Å². The summed E-state index contributed by atoms with van der Waals surface area (Å²) in [5.74, 6) is -0.358. The Balaban J connectivity index is 1.10. The minimum Gasteiger partial charge on any atom is -0.492 e. The Morgan fingerprint density at radius 1 is 1.14 bits per heavy atom. The summed E-state index contributed by atoms with van der Waals surface area (Å²) in [5, 5.41) is 10.1. The number of piperidine rings is 2. The third-order valence-electron chi connectivity index (χ3n) is 8.60. The molecule has 2 saturated heterocycles. The van der Waals surface area contributed by atoms with Gasteiger partial charge in [0.1, 0.15) is 17.6 Å². The Labute approximate surface area is 211 Å². The van der Waals surface area contributed by atoms with Crippen molar-refractivity contribution in [1.29, 1.82) is 0 Å². The molecule has 2 fully saturated rings. The molecule has 7 rings (SSSR count). The van der Waals surface area contributed by atoms with Crippen molar-refractivity contribution in [2.75, 3.05) is 19.7 Å². The van der Waals surface area contributed by atoms with Gasteiger partial charge in [0.25, 0.3) is 5.91 Å². The molecule has 3 aromatic rings. The SMILES string of the molecule is O=C1CCC(N2Cc3c(ccc4c3OCC43CCN(Cc4c(F)ccc5[nH]ncc45)CC3)C2=O)C(=O)N1. The first-order valence-electron chi connectivity index (χ1n) is 12.7. The fourth-order valence-electron chi connectivity index (χ4n) is 6.47. The summed E-state index contributed by atoms with van der Waals surface area (Å²) in [7, 11) is 0. The van der Waals surface area contributed by atoms with Crippen molar-refractivity contribution in [1.82, 2.24) is 25.3 Å². The topological polar surface area (TPSA) is 108 Å². The van der Waals surface area contributed by atoms with E-state index in [1.54, 1.807) is 17.2 Å². The lowest BCUT2D eigenvalue weighted by molar-refractivity contribution is -0.136. The van der Waals surface area contributed by atoms with Crippen molar-refractivity contribution in [2.45, 2.75) is 50.2 Å². The lowest BCUT2D eigenvalue weighted by atomic mass is 9.74. The zero-order valence-corrected chi connectivity index (χ0v) is 20.2. The van der Waals surface area contributed by atoms with Crippen LogP contribution in [0.1, 0.15) is 52.7 Å². The van der Waals surface area contributed by atoms with E-state index in [9.17, 15) is 18.8 Å². The summed E-state index contributed by atoms with van der Waals surface area (Å²) in [4.78, 5) is 41.0. The highest BCUT2D eigenvalue weighted by molar-refractivity contribution is 6.05. The van der Waals surface area contributed by atoms with Crippen molar-refractivity contribution in [3.05, 3.63) is 58.5 Å². The smallest absolute Gasteiger partial charge is 0.255 e. The fraction of sp³-hybridized carbons (Fsp3) is 0.407. The average molecular weight is 504 g/mol. The van der Waals surface area contributed by atoms with Gasteiger partial charge in [-0.25, -0.2) is 4.39 Å². The number of benzene rings is 2. The van der Waals surface area contributed by atoms with Crippen LogP contribution in [0.15, 0.2) is 30.5 Å². The Bertz CT molecular complexity index is 1470. The number of H-pyrrole nitrogens is 1. The molecule has 10 heteroatoms. The van der Waals surface area contributed by atoms with Gasteiger partial charge < -0.3 is 9.64 Å². The van der Waals surface area contributed by atoms with E-state index in [-0.39, 0.29) is 29.5 Å². The monoisotopic (exact) mass is 503 g/mol. The van der Waals surface area contributed by atoms with E-state index in [2.05, 4.69) is 20.4 Å². The Morgan fingerprint density at radius 2 is 1.97 bits per heavy atom. The number of nitrogens with one attached hydrogen (secondary N) is 2. The van der Waals surface area contributed by atoms with Crippen molar-refractivity contribution in [2.24, 2.45) is 0 Å². The van der Waals surface area contributed by atoms with Gasteiger partial charge in [-0.3, -0.25) is 29.7 Å². The van der Waals surface area contributed by atoms with E-state index in [1.165, 1.54) is 6.07 Å². The predicted octanol–water partition coefficient (Wildman–Crippen LogP) is 2.39. The number of nitrogens with zero attached hydrogens (tertiary/aromatic N) is 3. The van der Waals surface area contributed by atoms with Gasteiger partial charge >= 0.3 is 0 Å². The summed E-state index contributed by atoms with van der Waals surface area (Å²) >= 11 is 0. The molecular formula is C27H26FN5O4. The van der Waals surface area contributed by atoms with Crippen molar-refractivity contribution < 1.29 is 23.5 Å². The zero-order valence-electron chi connectivity index (χ0n) is 20.2. The molecule has 1 aromatic heterocycles. The average Bonchev–Trinajstić information content (AvgIpc) is 3.59. The van der Waals surface area contributed by atoms with E-state index in [1.807, 2.05) is 12.1 Å². The third kappa shape index (κ3) is 3.38. The van der Waals surface area contributed by atoms with Crippen LogP contribution < -0.4 is 10.1 Å². The van der Waals surface area contributed by atoms with Crippen LogP contribution >= 0.6 is 0 Å². The molecule has 2 aromatic carbocycles. The molecule has 190 valence electrons. The number of aromatic nitrogens is 2. The van der Waals surface area contributed by atoms with E-state index in [0.717, 1.165) is 53.7 Å². The molecule has 1 spiro atoms. The van der Waals surface area contributed by atoms with Crippen LogP contribution in [0.5, 0.6) is 5.75 Å². The molecule has 9 nitrogen and oxygen atoms in total. The summed E-state index contributed by atoms with van der Waals surface area (Å²) < 4.78 is 20.9. The normalized spacial score (nSPS) is 22.9. The number of hydrogen-bond acceptors (Lipinski definition) is 6. The molecule has 3 amide bonds. The number of likely N-dealkylation sites (tertiary alicyclic amines) is 1. The van der Waals surface area contributed by atoms with E-state index in [0.29, 0.717) is 37.2 Å². The second-order valence-corrected chi connectivity index (χ2v) is 10.6. The molecule has 1 atom stereocenters. The quantitative estimate of drug-likeness (QED) is 0.532. The highest BCUT2D eigenvalue weighted by atomic mass is 19.1. The number of imide groups is 1.